The van der Waals surface area contributed by atoms with E-state index in [4.69, 9.17) is 4.74 Å². The number of hydrazone groups is 1. The molecule has 1 aromatic heterocycles. The van der Waals surface area contributed by atoms with Gasteiger partial charge < -0.3 is 14.2 Å². The number of hydrogen-bond acceptors (Lipinski definition) is 4. The molecule has 0 saturated carbocycles. The lowest BCUT2D eigenvalue weighted by molar-refractivity contribution is -0.123. The minimum Gasteiger partial charge on any atom is -0.484 e. The Morgan fingerprint density at radius 2 is 2.23 bits per heavy atom. The number of benzene rings is 1. The van der Waals surface area contributed by atoms with Crippen LogP contribution in [0, 0.1) is 0 Å². The molecule has 0 radical (unpaired) electrons. The van der Waals surface area contributed by atoms with E-state index in [1.54, 1.807) is 6.21 Å². The minimum absolute atomic E-state index is 0.0803. The molecule has 0 unspecified atom stereocenters. The fourth-order valence-corrected chi connectivity index (χ4v) is 1.81. The van der Waals surface area contributed by atoms with Gasteiger partial charge in [-0.3, -0.25) is 4.79 Å². The number of nitrogens with one attached hydrogen (secondary N) is 1. The molecule has 1 N–H and O–H groups in total. The quantitative estimate of drug-likeness (QED) is 0.651. The summed E-state index contributed by atoms with van der Waals surface area (Å²) in [5, 5.41) is 3.89. The maximum Gasteiger partial charge on any atom is 0.277 e. The number of aromatic nitrogens is 1. The van der Waals surface area contributed by atoms with Crippen molar-refractivity contribution in [3.8, 4) is 5.75 Å². The third-order valence-corrected chi connectivity index (χ3v) is 2.96. The number of ether oxygens (including phenoxy) is 1. The van der Waals surface area contributed by atoms with Gasteiger partial charge in [-0.25, -0.2) is 5.43 Å². The highest BCUT2D eigenvalue weighted by atomic mass is 16.5. The summed E-state index contributed by atoms with van der Waals surface area (Å²) in [6.45, 7) is -0.0803. The SMILES string of the molecule is CN(C)c1cccc(OCC(=O)N/N=C/c2ccn(C)c2)c1. The lowest BCUT2D eigenvalue weighted by Crippen LogP contribution is -2.24. The molecule has 0 aliphatic rings. The highest BCUT2D eigenvalue weighted by molar-refractivity contribution is 5.82. The maximum absolute atomic E-state index is 11.7. The maximum atomic E-state index is 11.7. The van der Waals surface area contributed by atoms with Gasteiger partial charge in [0.05, 0.1) is 6.21 Å². The molecule has 6 nitrogen and oxygen atoms in total. The van der Waals surface area contributed by atoms with Crippen LogP contribution in [-0.4, -0.2) is 37.4 Å². The van der Waals surface area contributed by atoms with Crippen LogP contribution >= 0.6 is 0 Å². The van der Waals surface area contributed by atoms with Gasteiger partial charge in [0.1, 0.15) is 5.75 Å². The smallest absolute Gasteiger partial charge is 0.277 e. The van der Waals surface area contributed by atoms with E-state index in [0.717, 1.165) is 11.3 Å². The topological polar surface area (TPSA) is 58.9 Å². The summed E-state index contributed by atoms with van der Waals surface area (Å²) in [7, 11) is 5.82. The first-order chi connectivity index (χ1) is 10.5. The summed E-state index contributed by atoms with van der Waals surface area (Å²) in [4.78, 5) is 13.6. The molecule has 22 heavy (non-hydrogen) atoms. The largest absolute Gasteiger partial charge is 0.484 e. The van der Waals surface area contributed by atoms with Gasteiger partial charge in [-0.05, 0) is 18.2 Å². The number of carbonyl (C=O) groups excluding carboxylic acids is 1. The molecule has 0 atom stereocenters. The van der Waals surface area contributed by atoms with E-state index in [9.17, 15) is 4.79 Å². The van der Waals surface area contributed by atoms with Crippen LogP contribution in [0.5, 0.6) is 5.75 Å². The molecule has 0 saturated heterocycles. The summed E-state index contributed by atoms with van der Waals surface area (Å²) in [5.74, 6) is 0.343. The Balaban J connectivity index is 1.80. The highest BCUT2D eigenvalue weighted by Crippen LogP contribution is 2.18. The van der Waals surface area contributed by atoms with Crippen LogP contribution in [0.2, 0.25) is 0 Å². The van der Waals surface area contributed by atoms with Gasteiger partial charge in [0.2, 0.25) is 0 Å². The Kier molecular flexibility index (Phi) is 5.19. The Hall–Kier alpha value is -2.76. The molecule has 0 fully saturated rings. The van der Waals surface area contributed by atoms with Gasteiger partial charge in [-0.1, -0.05) is 6.07 Å². The number of amides is 1. The van der Waals surface area contributed by atoms with Gasteiger partial charge in [-0.15, -0.1) is 0 Å². The van der Waals surface area contributed by atoms with Crippen LogP contribution < -0.4 is 15.1 Å². The van der Waals surface area contributed by atoms with Crippen molar-refractivity contribution in [2.45, 2.75) is 0 Å². The van der Waals surface area contributed by atoms with E-state index in [2.05, 4.69) is 10.5 Å². The average molecular weight is 300 g/mol. The van der Waals surface area contributed by atoms with Gasteiger partial charge >= 0.3 is 0 Å². The zero-order valence-electron chi connectivity index (χ0n) is 13.0. The Morgan fingerprint density at radius 1 is 1.41 bits per heavy atom. The number of carbonyl (C=O) groups is 1. The number of nitrogens with zero attached hydrogens (tertiary/aromatic N) is 3. The molecule has 6 heteroatoms. The van der Waals surface area contributed by atoms with Crippen molar-refractivity contribution in [2.75, 3.05) is 25.6 Å². The van der Waals surface area contributed by atoms with E-state index in [1.165, 1.54) is 0 Å². The van der Waals surface area contributed by atoms with Crippen LogP contribution in [0.25, 0.3) is 0 Å². The number of anilines is 1. The van der Waals surface area contributed by atoms with Crippen molar-refractivity contribution in [1.82, 2.24) is 9.99 Å². The predicted molar refractivity (Wildman–Crippen MR) is 87.4 cm³/mol. The highest BCUT2D eigenvalue weighted by Gasteiger charge is 2.03. The van der Waals surface area contributed by atoms with Crippen molar-refractivity contribution < 1.29 is 9.53 Å². The van der Waals surface area contributed by atoms with E-state index < -0.39 is 0 Å². The summed E-state index contributed by atoms with van der Waals surface area (Å²) < 4.78 is 7.36. The lowest BCUT2D eigenvalue weighted by Gasteiger charge is -2.13. The van der Waals surface area contributed by atoms with Crippen LogP contribution in [0.1, 0.15) is 5.56 Å². The predicted octanol–water partition coefficient (Wildman–Crippen LogP) is 1.62. The van der Waals surface area contributed by atoms with Crippen LogP contribution in [0.15, 0.2) is 47.8 Å². The first kappa shape index (κ1) is 15.6. The fraction of sp³-hybridized carbons (Fsp3) is 0.250. The second kappa shape index (κ2) is 7.31. The molecular formula is C16H20N4O2. The van der Waals surface area contributed by atoms with Crippen LogP contribution in [-0.2, 0) is 11.8 Å². The third kappa shape index (κ3) is 4.66. The number of hydrogen-bond donors (Lipinski definition) is 1. The van der Waals surface area contributed by atoms with Crippen LogP contribution in [0.4, 0.5) is 5.69 Å². The van der Waals surface area contributed by atoms with Crippen molar-refractivity contribution >= 4 is 17.8 Å². The molecule has 0 spiro atoms. The van der Waals surface area contributed by atoms with Gasteiger partial charge in [0.15, 0.2) is 6.61 Å². The normalized spacial score (nSPS) is 10.7. The molecule has 0 aliphatic carbocycles. The van der Waals surface area contributed by atoms with Crippen molar-refractivity contribution in [1.29, 1.82) is 0 Å². The first-order valence-electron chi connectivity index (χ1n) is 6.88. The Bertz CT molecular complexity index is 662. The van der Waals surface area contributed by atoms with E-state index in [0.29, 0.717) is 5.75 Å². The standard InChI is InChI=1S/C16H20N4O2/c1-19(2)14-5-4-6-15(9-14)22-12-16(21)18-17-10-13-7-8-20(3)11-13/h4-11H,12H2,1-3H3,(H,18,21)/b17-10+. The molecular weight excluding hydrogens is 280 g/mol. The monoisotopic (exact) mass is 300 g/mol. The summed E-state index contributed by atoms with van der Waals surface area (Å²) in [5.41, 5.74) is 4.37. The summed E-state index contributed by atoms with van der Waals surface area (Å²) in [6, 6.07) is 9.44. The van der Waals surface area contributed by atoms with Crippen molar-refractivity contribution in [2.24, 2.45) is 12.1 Å². The van der Waals surface area contributed by atoms with Gasteiger partial charge in [0.25, 0.3) is 5.91 Å². The second-order valence-electron chi connectivity index (χ2n) is 5.08. The molecule has 2 aromatic rings. The number of aryl methyl sites for hydroxylation is 1. The summed E-state index contributed by atoms with van der Waals surface area (Å²) >= 11 is 0. The molecule has 1 amide bonds. The Morgan fingerprint density at radius 3 is 2.91 bits per heavy atom. The average Bonchev–Trinajstić information content (AvgIpc) is 2.91. The van der Waals surface area contributed by atoms with Gasteiger partial charge in [0, 0.05) is 50.9 Å². The van der Waals surface area contributed by atoms with Crippen LogP contribution in [0.3, 0.4) is 0 Å². The molecule has 1 aromatic carbocycles. The Labute approximate surface area is 130 Å². The molecule has 2 rings (SSSR count). The zero-order chi connectivity index (χ0) is 15.9. The summed E-state index contributed by atoms with van der Waals surface area (Å²) in [6.07, 6.45) is 5.40. The van der Waals surface area contributed by atoms with E-state index in [-0.39, 0.29) is 12.5 Å². The molecule has 0 bridgehead atoms. The third-order valence-electron chi connectivity index (χ3n) is 2.96. The minimum atomic E-state index is -0.303. The molecule has 1 heterocycles. The van der Waals surface area contributed by atoms with Gasteiger partial charge in [-0.2, -0.15) is 5.10 Å². The second-order valence-corrected chi connectivity index (χ2v) is 5.08. The fourth-order valence-electron chi connectivity index (χ4n) is 1.81. The first-order valence-corrected chi connectivity index (χ1v) is 6.88. The van der Waals surface area contributed by atoms with E-state index in [1.807, 2.05) is 73.3 Å². The zero-order valence-corrected chi connectivity index (χ0v) is 13.0. The lowest BCUT2D eigenvalue weighted by atomic mass is 10.3. The molecule has 0 aliphatic heterocycles. The molecule has 116 valence electrons. The van der Waals surface area contributed by atoms with E-state index >= 15 is 0 Å². The number of rotatable bonds is 6. The van der Waals surface area contributed by atoms with Crippen molar-refractivity contribution in [3.05, 3.63) is 48.3 Å². The van der Waals surface area contributed by atoms with Crippen molar-refractivity contribution in [3.63, 3.8) is 0 Å².